The number of aromatic nitrogens is 2. The molecule has 0 bridgehead atoms. The summed E-state index contributed by atoms with van der Waals surface area (Å²) in [5.41, 5.74) is 2.97. The highest BCUT2D eigenvalue weighted by Crippen LogP contribution is 2.10. The lowest BCUT2D eigenvalue weighted by Crippen LogP contribution is -2.14. The first-order valence-corrected chi connectivity index (χ1v) is 5.09. The van der Waals surface area contributed by atoms with Gasteiger partial charge < -0.3 is 0 Å². The molecule has 0 saturated heterocycles. The number of benzene rings is 1. The summed E-state index contributed by atoms with van der Waals surface area (Å²) in [6.45, 7) is 4.02. The van der Waals surface area contributed by atoms with E-state index in [0.29, 0.717) is 0 Å². The zero-order chi connectivity index (χ0) is 10.8. The minimum atomic E-state index is 0.00106. The van der Waals surface area contributed by atoms with Gasteiger partial charge in [-0.25, -0.2) is 4.68 Å². The fourth-order valence-corrected chi connectivity index (χ4v) is 1.62. The molecular weight excluding hydrogens is 188 g/mol. The lowest BCUT2D eigenvalue weighted by molar-refractivity contribution is 0.814. The standard InChI is InChI=1S/C12H14N2O/c1-3-10-8-12(15)14(13-10)11-7-5-4-6-9(11)2/h4-8,13H,3H2,1-2H3. The Morgan fingerprint density at radius 3 is 2.67 bits per heavy atom. The van der Waals surface area contributed by atoms with E-state index in [-0.39, 0.29) is 5.56 Å². The van der Waals surface area contributed by atoms with E-state index in [1.807, 2.05) is 38.1 Å². The van der Waals surface area contributed by atoms with E-state index in [1.165, 1.54) is 0 Å². The maximum atomic E-state index is 11.7. The van der Waals surface area contributed by atoms with Crippen molar-refractivity contribution in [3.63, 3.8) is 0 Å². The van der Waals surface area contributed by atoms with Gasteiger partial charge in [0.1, 0.15) is 0 Å². The third kappa shape index (κ3) is 1.73. The summed E-state index contributed by atoms with van der Waals surface area (Å²) in [5, 5.41) is 3.09. The quantitative estimate of drug-likeness (QED) is 0.795. The second kappa shape index (κ2) is 3.77. The predicted octanol–water partition coefficient (Wildman–Crippen LogP) is 2.04. The van der Waals surface area contributed by atoms with Crippen LogP contribution in [0.5, 0.6) is 0 Å². The van der Waals surface area contributed by atoms with Gasteiger partial charge >= 0.3 is 0 Å². The van der Waals surface area contributed by atoms with E-state index in [2.05, 4.69) is 5.10 Å². The summed E-state index contributed by atoms with van der Waals surface area (Å²) >= 11 is 0. The van der Waals surface area contributed by atoms with Gasteiger partial charge in [0, 0.05) is 11.8 Å². The minimum absolute atomic E-state index is 0.00106. The zero-order valence-electron chi connectivity index (χ0n) is 8.95. The number of hydrogen-bond acceptors (Lipinski definition) is 1. The molecule has 2 aromatic rings. The molecule has 0 atom stereocenters. The summed E-state index contributed by atoms with van der Waals surface area (Å²) in [4.78, 5) is 11.7. The Balaban J connectivity index is 2.59. The van der Waals surface area contributed by atoms with E-state index in [0.717, 1.165) is 23.4 Å². The number of rotatable bonds is 2. The van der Waals surface area contributed by atoms with Crippen LogP contribution in [0.2, 0.25) is 0 Å². The third-order valence-electron chi connectivity index (χ3n) is 2.51. The van der Waals surface area contributed by atoms with E-state index < -0.39 is 0 Å². The number of aryl methyl sites for hydroxylation is 2. The normalized spacial score (nSPS) is 10.5. The zero-order valence-corrected chi connectivity index (χ0v) is 8.95. The Morgan fingerprint density at radius 1 is 1.33 bits per heavy atom. The number of hydrogen-bond donors (Lipinski definition) is 1. The van der Waals surface area contributed by atoms with Crippen LogP contribution in [0.15, 0.2) is 35.1 Å². The maximum absolute atomic E-state index is 11.7. The minimum Gasteiger partial charge on any atom is -0.295 e. The Bertz CT molecular complexity index is 522. The van der Waals surface area contributed by atoms with Crippen LogP contribution in [0.25, 0.3) is 5.69 Å². The van der Waals surface area contributed by atoms with E-state index >= 15 is 0 Å². The average molecular weight is 202 g/mol. The van der Waals surface area contributed by atoms with Crippen LogP contribution in [0.1, 0.15) is 18.2 Å². The molecular formula is C12H14N2O. The second-order valence-corrected chi connectivity index (χ2v) is 3.60. The molecule has 1 heterocycles. The highest BCUT2D eigenvalue weighted by Gasteiger charge is 2.05. The van der Waals surface area contributed by atoms with Crippen molar-refractivity contribution in [2.24, 2.45) is 0 Å². The molecule has 3 heteroatoms. The molecule has 0 fully saturated rings. The van der Waals surface area contributed by atoms with Gasteiger partial charge in [0.05, 0.1) is 5.69 Å². The number of H-pyrrole nitrogens is 1. The van der Waals surface area contributed by atoms with E-state index in [1.54, 1.807) is 10.7 Å². The van der Waals surface area contributed by atoms with Crippen molar-refractivity contribution < 1.29 is 0 Å². The number of nitrogens with one attached hydrogen (secondary N) is 1. The van der Waals surface area contributed by atoms with Gasteiger partial charge in [0.15, 0.2) is 0 Å². The molecule has 1 aromatic carbocycles. The van der Waals surface area contributed by atoms with Crippen molar-refractivity contribution in [2.45, 2.75) is 20.3 Å². The first kappa shape index (κ1) is 9.77. The fraction of sp³-hybridized carbons (Fsp3) is 0.250. The lowest BCUT2D eigenvalue weighted by Gasteiger charge is -2.04. The van der Waals surface area contributed by atoms with Crippen LogP contribution < -0.4 is 5.56 Å². The van der Waals surface area contributed by atoms with Crippen LogP contribution in [0, 0.1) is 6.92 Å². The fourth-order valence-electron chi connectivity index (χ4n) is 1.62. The molecule has 0 aliphatic heterocycles. The summed E-state index contributed by atoms with van der Waals surface area (Å²) < 4.78 is 1.59. The molecule has 0 radical (unpaired) electrons. The molecule has 1 N–H and O–H groups in total. The molecule has 2 rings (SSSR count). The molecule has 0 aliphatic carbocycles. The second-order valence-electron chi connectivity index (χ2n) is 3.60. The van der Waals surface area contributed by atoms with Crippen molar-refractivity contribution in [3.05, 3.63) is 51.9 Å². The van der Waals surface area contributed by atoms with Gasteiger partial charge in [-0.15, -0.1) is 0 Å². The molecule has 15 heavy (non-hydrogen) atoms. The summed E-state index contributed by atoms with van der Waals surface area (Å²) in [6.07, 6.45) is 0.841. The first-order valence-electron chi connectivity index (χ1n) is 5.09. The van der Waals surface area contributed by atoms with Crippen LogP contribution in [0.3, 0.4) is 0 Å². The summed E-state index contributed by atoms with van der Waals surface area (Å²) in [6, 6.07) is 9.47. The van der Waals surface area contributed by atoms with Crippen LogP contribution in [0.4, 0.5) is 0 Å². The molecule has 0 aliphatic rings. The Kier molecular flexibility index (Phi) is 2.46. The van der Waals surface area contributed by atoms with Crippen LogP contribution in [-0.2, 0) is 6.42 Å². The van der Waals surface area contributed by atoms with E-state index in [4.69, 9.17) is 0 Å². The van der Waals surface area contributed by atoms with Crippen LogP contribution >= 0.6 is 0 Å². The summed E-state index contributed by atoms with van der Waals surface area (Å²) in [5.74, 6) is 0. The summed E-state index contributed by atoms with van der Waals surface area (Å²) in [7, 11) is 0. The predicted molar refractivity (Wildman–Crippen MR) is 60.5 cm³/mol. The number of nitrogens with zero attached hydrogens (tertiary/aromatic N) is 1. The van der Waals surface area contributed by atoms with Crippen molar-refractivity contribution in [3.8, 4) is 5.69 Å². The van der Waals surface area contributed by atoms with Crippen molar-refractivity contribution >= 4 is 0 Å². The van der Waals surface area contributed by atoms with Gasteiger partial charge in [0.2, 0.25) is 0 Å². The maximum Gasteiger partial charge on any atom is 0.271 e. The molecule has 0 saturated carbocycles. The molecule has 78 valence electrons. The Hall–Kier alpha value is -1.77. The van der Waals surface area contributed by atoms with Crippen molar-refractivity contribution in [1.82, 2.24) is 9.78 Å². The van der Waals surface area contributed by atoms with Crippen molar-refractivity contribution in [2.75, 3.05) is 0 Å². The average Bonchev–Trinajstić information content (AvgIpc) is 2.60. The number of aromatic amines is 1. The highest BCUT2D eigenvalue weighted by molar-refractivity contribution is 5.39. The number of para-hydroxylation sites is 1. The van der Waals surface area contributed by atoms with Gasteiger partial charge in [-0.2, -0.15) is 0 Å². The lowest BCUT2D eigenvalue weighted by atomic mass is 10.2. The Morgan fingerprint density at radius 2 is 2.07 bits per heavy atom. The smallest absolute Gasteiger partial charge is 0.271 e. The third-order valence-corrected chi connectivity index (χ3v) is 2.51. The molecule has 0 unspecified atom stereocenters. The van der Waals surface area contributed by atoms with Gasteiger partial charge in [0.25, 0.3) is 5.56 Å². The molecule has 3 nitrogen and oxygen atoms in total. The largest absolute Gasteiger partial charge is 0.295 e. The molecule has 0 amide bonds. The van der Waals surface area contributed by atoms with Gasteiger partial charge in [-0.3, -0.25) is 9.89 Å². The Labute approximate surface area is 88.4 Å². The van der Waals surface area contributed by atoms with Gasteiger partial charge in [-0.1, -0.05) is 25.1 Å². The molecule has 1 aromatic heterocycles. The highest BCUT2D eigenvalue weighted by atomic mass is 16.1. The van der Waals surface area contributed by atoms with E-state index in [9.17, 15) is 4.79 Å². The van der Waals surface area contributed by atoms with Crippen molar-refractivity contribution in [1.29, 1.82) is 0 Å². The first-order chi connectivity index (χ1) is 7.22. The SMILES string of the molecule is CCc1cc(=O)n(-c2ccccc2C)[nH]1. The topological polar surface area (TPSA) is 37.8 Å². The van der Waals surface area contributed by atoms with Crippen LogP contribution in [-0.4, -0.2) is 9.78 Å². The van der Waals surface area contributed by atoms with Gasteiger partial charge in [-0.05, 0) is 25.0 Å². The monoisotopic (exact) mass is 202 g/mol. The molecule has 0 spiro atoms.